The molecular formula is C29H26ClNO6S. The van der Waals surface area contributed by atoms with Gasteiger partial charge >= 0.3 is 5.97 Å². The van der Waals surface area contributed by atoms with Crippen molar-refractivity contribution in [3.05, 3.63) is 80.0 Å². The van der Waals surface area contributed by atoms with Crippen LogP contribution in [0.5, 0.6) is 5.75 Å². The maximum absolute atomic E-state index is 13.0. The number of benzene rings is 2. The highest BCUT2D eigenvalue weighted by molar-refractivity contribution is 7.17. The van der Waals surface area contributed by atoms with Crippen LogP contribution in [0.25, 0.3) is 22.1 Å². The van der Waals surface area contributed by atoms with Gasteiger partial charge in [0.15, 0.2) is 12.0 Å². The minimum atomic E-state index is -0.418. The summed E-state index contributed by atoms with van der Waals surface area (Å²) in [6, 6.07) is 11.7. The number of anilines is 1. The van der Waals surface area contributed by atoms with Crippen molar-refractivity contribution in [2.75, 3.05) is 18.5 Å². The summed E-state index contributed by atoms with van der Waals surface area (Å²) in [6.07, 6.45) is 4.06. The van der Waals surface area contributed by atoms with Crippen LogP contribution in [-0.4, -0.2) is 25.1 Å². The van der Waals surface area contributed by atoms with Crippen molar-refractivity contribution in [1.82, 2.24) is 0 Å². The Morgan fingerprint density at radius 1 is 1.18 bits per heavy atom. The van der Waals surface area contributed by atoms with E-state index in [-0.39, 0.29) is 18.6 Å². The van der Waals surface area contributed by atoms with Crippen LogP contribution in [-0.2, 0) is 22.4 Å². The fourth-order valence-electron chi connectivity index (χ4n) is 4.60. The molecule has 1 N–H and O–H groups in total. The predicted octanol–water partition coefficient (Wildman–Crippen LogP) is 6.49. The van der Waals surface area contributed by atoms with Crippen LogP contribution in [0.15, 0.2) is 57.9 Å². The minimum absolute atomic E-state index is 0.180. The van der Waals surface area contributed by atoms with Crippen molar-refractivity contribution in [3.8, 4) is 16.9 Å². The van der Waals surface area contributed by atoms with Crippen LogP contribution in [0.3, 0.4) is 0 Å². The SMILES string of the molecule is CCOC(=O)c1c(NC(=O)COc2ccc3c(=O)c(-c4ccc(Cl)cc4)coc3c2)sc2c1CCC(C)C2. The first-order valence-corrected chi connectivity index (χ1v) is 13.6. The summed E-state index contributed by atoms with van der Waals surface area (Å²) >= 11 is 7.38. The van der Waals surface area contributed by atoms with Gasteiger partial charge in [-0.3, -0.25) is 9.59 Å². The molecule has 2 aromatic carbocycles. The molecule has 0 aliphatic heterocycles. The molecule has 9 heteroatoms. The summed E-state index contributed by atoms with van der Waals surface area (Å²) in [5, 5.41) is 4.31. The third kappa shape index (κ3) is 5.33. The highest BCUT2D eigenvalue weighted by Crippen LogP contribution is 2.40. The lowest BCUT2D eigenvalue weighted by Crippen LogP contribution is -2.21. The number of thiophene rings is 1. The number of hydrogen-bond donors (Lipinski definition) is 1. The summed E-state index contributed by atoms with van der Waals surface area (Å²) in [6.45, 7) is 3.92. The van der Waals surface area contributed by atoms with Gasteiger partial charge in [0.1, 0.15) is 22.6 Å². The summed E-state index contributed by atoms with van der Waals surface area (Å²) in [4.78, 5) is 39.6. The number of nitrogens with one attached hydrogen (secondary N) is 1. The molecule has 196 valence electrons. The van der Waals surface area contributed by atoms with Gasteiger partial charge in [-0.2, -0.15) is 0 Å². The number of halogens is 1. The molecular weight excluding hydrogens is 526 g/mol. The normalized spacial score (nSPS) is 14.7. The molecule has 0 spiro atoms. The first-order valence-electron chi connectivity index (χ1n) is 12.4. The van der Waals surface area contributed by atoms with Gasteiger partial charge in [0.25, 0.3) is 5.91 Å². The first kappa shape index (κ1) is 26.0. The van der Waals surface area contributed by atoms with Gasteiger partial charge in [0.2, 0.25) is 0 Å². The highest BCUT2D eigenvalue weighted by atomic mass is 35.5. The van der Waals surface area contributed by atoms with E-state index in [2.05, 4.69) is 12.2 Å². The second-order valence-corrected chi connectivity index (χ2v) is 10.8. The number of carbonyl (C=O) groups is 2. The van der Waals surface area contributed by atoms with Crippen LogP contribution in [0.2, 0.25) is 5.02 Å². The van der Waals surface area contributed by atoms with Crippen molar-refractivity contribution in [2.24, 2.45) is 5.92 Å². The van der Waals surface area contributed by atoms with Gasteiger partial charge in [-0.05, 0) is 67.5 Å². The van der Waals surface area contributed by atoms with Crippen LogP contribution >= 0.6 is 22.9 Å². The summed E-state index contributed by atoms with van der Waals surface area (Å²) < 4.78 is 16.7. The molecule has 0 radical (unpaired) electrons. The number of hydrogen-bond acceptors (Lipinski definition) is 7. The summed E-state index contributed by atoms with van der Waals surface area (Å²) in [5.74, 6) is 0.0818. The molecule has 0 saturated heterocycles. The van der Waals surface area contributed by atoms with E-state index in [1.807, 2.05) is 0 Å². The molecule has 1 amide bonds. The second-order valence-electron chi connectivity index (χ2n) is 9.26. The fraction of sp³-hybridized carbons (Fsp3) is 0.276. The molecule has 0 fully saturated rings. The highest BCUT2D eigenvalue weighted by Gasteiger charge is 2.29. The van der Waals surface area contributed by atoms with Crippen LogP contribution < -0.4 is 15.5 Å². The molecule has 0 bridgehead atoms. The standard InChI is InChI=1S/C29H26ClNO6S/c1-3-35-29(34)26-21-10-4-16(2)12-24(21)38-28(26)31-25(32)15-36-19-9-11-20-23(13-19)37-14-22(27(20)33)17-5-7-18(30)8-6-17/h5-9,11,13-14,16H,3-4,10,12,15H2,1-2H3,(H,31,32). The van der Waals surface area contributed by atoms with E-state index in [1.165, 1.54) is 17.6 Å². The van der Waals surface area contributed by atoms with E-state index >= 15 is 0 Å². The van der Waals surface area contributed by atoms with Gasteiger partial charge in [0.05, 0.1) is 23.1 Å². The van der Waals surface area contributed by atoms with Gasteiger partial charge in [-0.15, -0.1) is 11.3 Å². The molecule has 0 saturated carbocycles. The topological polar surface area (TPSA) is 94.8 Å². The molecule has 2 aromatic heterocycles. The van der Waals surface area contributed by atoms with Crippen molar-refractivity contribution in [1.29, 1.82) is 0 Å². The molecule has 1 aliphatic rings. The Morgan fingerprint density at radius 3 is 2.74 bits per heavy atom. The van der Waals surface area contributed by atoms with E-state index in [0.29, 0.717) is 49.4 Å². The first-order chi connectivity index (χ1) is 18.3. The van der Waals surface area contributed by atoms with E-state index in [4.69, 9.17) is 25.5 Å². The molecule has 1 atom stereocenters. The second kappa shape index (κ2) is 11.0. The van der Waals surface area contributed by atoms with Crippen molar-refractivity contribution in [3.63, 3.8) is 0 Å². The Bertz CT molecular complexity index is 1570. The molecule has 5 rings (SSSR count). The van der Waals surface area contributed by atoms with Crippen LogP contribution in [0, 0.1) is 5.92 Å². The van der Waals surface area contributed by atoms with E-state index < -0.39 is 11.9 Å². The van der Waals surface area contributed by atoms with E-state index in [9.17, 15) is 14.4 Å². The average molecular weight is 552 g/mol. The van der Waals surface area contributed by atoms with Crippen molar-refractivity contribution >= 4 is 50.8 Å². The predicted molar refractivity (Wildman–Crippen MR) is 149 cm³/mol. The molecule has 1 unspecified atom stereocenters. The minimum Gasteiger partial charge on any atom is -0.484 e. The van der Waals surface area contributed by atoms with Crippen molar-refractivity contribution < 1.29 is 23.5 Å². The van der Waals surface area contributed by atoms with Gasteiger partial charge in [-0.25, -0.2) is 4.79 Å². The van der Waals surface area contributed by atoms with Crippen LogP contribution in [0.1, 0.15) is 41.1 Å². The maximum atomic E-state index is 13.0. The number of fused-ring (bicyclic) bond motifs is 2. The largest absolute Gasteiger partial charge is 0.484 e. The van der Waals surface area contributed by atoms with E-state index in [0.717, 1.165) is 29.7 Å². The average Bonchev–Trinajstić information content (AvgIpc) is 3.25. The number of esters is 1. The molecule has 38 heavy (non-hydrogen) atoms. The molecule has 7 nitrogen and oxygen atoms in total. The monoisotopic (exact) mass is 551 g/mol. The number of ether oxygens (including phenoxy) is 2. The lowest BCUT2D eigenvalue weighted by molar-refractivity contribution is -0.118. The lowest BCUT2D eigenvalue weighted by Gasteiger charge is -2.18. The summed E-state index contributed by atoms with van der Waals surface area (Å²) in [5.41, 5.74) is 2.72. The van der Waals surface area contributed by atoms with Crippen molar-refractivity contribution in [2.45, 2.75) is 33.1 Å². The quantitative estimate of drug-likeness (QED) is 0.264. The number of rotatable bonds is 7. The zero-order valence-electron chi connectivity index (χ0n) is 21.0. The smallest absolute Gasteiger partial charge is 0.341 e. The maximum Gasteiger partial charge on any atom is 0.341 e. The van der Waals surface area contributed by atoms with Crippen LogP contribution in [0.4, 0.5) is 5.00 Å². The zero-order chi connectivity index (χ0) is 26.8. The molecule has 2 heterocycles. The number of carbonyl (C=O) groups excluding carboxylic acids is 2. The Hall–Kier alpha value is -3.62. The fourth-order valence-corrected chi connectivity index (χ4v) is 6.14. The molecule has 1 aliphatic carbocycles. The summed E-state index contributed by atoms with van der Waals surface area (Å²) in [7, 11) is 0. The zero-order valence-corrected chi connectivity index (χ0v) is 22.5. The number of amides is 1. The third-order valence-electron chi connectivity index (χ3n) is 6.52. The Kier molecular flexibility index (Phi) is 7.53. The lowest BCUT2D eigenvalue weighted by atomic mass is 9.88. The van der Waals surface area contributed by atoms with Gasteiger partial charge in [-0.1, -0.05) is 30.7 Å². The Balaban J connectivity index is 1.31. The van der Waals surface area contributed by atoms with Gasteiger partial charge < -0.3 is 19.2 Å². The van der Waals surface area contributed by atoms with Gasteiger partial charge in [0, 0.05) is 16.0 Å². The Morgan fingerprint density at radius 2 is 1.97 bits per heavy atom. The molecule has 4 aromatic rings. The Labute approximate surface area is 228 Å². The third-order valence-corrected chi connectivity index (χ3v) is 7.94. The van der Waals surface area contributed by atoms with E-state index in [1.54, 1.807) is 49.4 Å².